The lowest BCUT2D eigenvalue weighted by Crippen LogP contribution is -2.42. The van der Waals surface area contributed by atoms with E-state index in [2.05, 4.69) is 20.9 Å². The number of carbonyl (C=O) groups excluding carboxylic acids is 1. The van der Waals surface area contributed by atoms with Gasteiger partial charge >= 0.3 is 0 Å². The molecule has 2 rings (SSSR count). The fourth-order valence-corrected chi connectivity index (χ4v) is 2.31. The number of aliphatic imine (C=N–C) groups is 1. The summed E-state index contributed by atoms with van der Waals surface area (Å²) in [6.45, 7) is 8.72. The third kappa shape index (κ3) is 7.27. The van der Waals surface area contributed by atoms with Gasteiger partial charge < -0.3 is 25.4 Å². The number of ether oxygens (including phenoxy) is 2. The third-order valence-electron chi connectivity index (χ3n) is 3.69. The van der Waals surface area contributed by atoms with Gasteiger partial charge in [0.1, 0.15) is 0 Å². The van der Waals surface area contributed by atoms with Gasteiger partial charge in [0.2, 0.25) is 12.7 Å². The lowest BCUT2D eigenvalue weighted by atomic mass is 10.1. The molecule has 0 radical (unpaired) electrons. The van der Waals surface area contributed by atoms with Gasteiger partial charge in [-0.1, -0.05) is 19.9 Å². The number of carbonyl (C=O) groups is 1. The standard InChI is InChI=1S/C18H28N4O3.HI/c1-4-19-18(22-10-9-20-17(23)13(2)3)21-8-7-14-5-6-15-16(11-14)25-12-24-15;/h5-6,11,13H,4,7-10,12H2,1-3H3,(H,20,23)(H2,19,21,22);1H. The van der Waals surface area contributed by atoms with Gasteiger partial charge in [0, 0.05) is 32.1 Å². The monoisotopic (exact) mass is 476 g/mol. The molecule has 0 saturated carbocycles. The van der Waals surface area contributed by atoms with E-state index in [0.29, 0.717) is 26.4 Å². The van der Waals surface area contributed by atoms with Crippen molar-refractivity contribution in [2.75, 3.05) is 33.0 Å². The minimum Gasteiger partial charge on any atom is -0.454 e. The zero-order chi connectivity index (χ0) is 18.1. The predicted molar refractivity (Wildman–Crippen MR) is 114 cm³/mol. The molecule has 1 aromatic rings. The largest absolute Gasteiger partial charge is 0.454 e. The Morgan fingerprint density at radius 3 is 2.62 bits per heavy atom. The Morgan fingerprint density at radius 2 is 1.88 bits per heavy atom. The second-order valence-corrected chi connectivity index (χ2v) is 6.07. The van der Waals surface area contributed by atoms with Gasteiger partial charge in [-0.25, -0.2) is 0 Å². The van der Waals surface area contributed by atoms with E-state index in [9.17, 15) is 4.79 Å². The van der Waals surface area contributed by atoms with E-state index in [0.717, 1.165) is 36.0 Å². The second-order valence-electron chi connectivity index (χ2n) is 6.07. The van der Waals surface area contributed by atoms with Crippen LogP contribution in [0.3, 0.4) is 0 Å². The van der Waals surface area contributed by atoms with Crippen molar-refractivity contribution in [1.82, 2.24) is 16.0 Å². The smallest absolute Gasteiger partial charge is 0.231 e. The first-order valence-electron chi connectivity index (χ1n) is 8.78. The summed E-state index contributed by atoms with van der Waals surface area (Å²) in [6, 6.07) is 5.97. The summed E-state index contributed by atoms with van der Waals surface area (Å²) in [4.78, 5) is 16.1. The Morgan fingerprint density at radius 1 is 1.15 bits per heavy atom. The van der Waals surface area contributed by atoms with Crippen LogP contribution in [0, 0.1) is 5.92 Å². The number of hydrogen-bond acceptors (Lipinski definition) is 4. The van der Waals surface area contributed by atoms with Crippen molar-refractivity contribution in [3.63, 3.8) is 0 Å². The Hall–Kier alpha value is -1.71. The number of halogens is 1. The lowest BCUT2D eigenvalue weighted by molar-refractivity contribution is -0.123. The Bertz CT molecular complexity index is 608. The summed E-state index contributed by atoms with van der Waals surface area (Å²) >= 11 is 0. The van der Waals surface area contributed by atoms with Gasteiger partial charge in [0.05, 0.1) is 0 Å². The average molecular weight is 476 g/mol. The van der Waals surface area contributed by atoms with E-state index in [1.807, 2.05) is 39.0 Å². The average Bonchev–Trinajstić information content (AvgIpc) is 3.06. The molecule has 0 spiro atoms. The van der Waals surface area contributed by atoms with E-state index >= 15 is 0 Å². The maximum Gasteiger partial charge on any atom is 0.231 e. The SMILES string of the molecule is CCNC(=NCCc1ccc2c(c1)OCO2)NCCNC(=O)C(C)C.I. The molecular formula is C18H29IN4O3. The zero-order valence-corrected chi connectivity index (χ0v) is 18.0. The quantitative estimate of drug-likeness (QED) is 0.231. The normalized spacial score (nSPS) is 12.5. The topological polar surface area (TPSA) is 84.0 Å². The maximum absolute atomic E-state index is 11.5. The first kappa shape index (κ1) is 22.3. The summed E-state index contributed by atoms with van der Waals surface area (Å²) in [5, 5.41) is 9.30. The van der Waals surface area contributed by atoms with Gasteiger partial charge in [0.25, 0.3) is 0 Å². The highest BCUT2D eigenvalue weighted by atomic mass is 127. The van der Waals surface area contributed by atoms with Crippen LogP contribution in [-0.2, 0) is 11.2 Å². The maximum atomic E-state index is 11.5. The second kappa shape index (κ2) is 11.8. The van der Waals surface area contributed by atoms with Crippen LogP contribution in [-0.4, -0.2) is 44.8 Å². The molecule has 26 heavy (non-hydrogen) atoms. The molecule has 1 aromatic carbocycles. The van der Waals surface area contributed by atoms with Gasteiger partial charge in [-0.3, -0.25) is 9.79 Å². The van der Waals surface area contributed by atoms with E-state index in [4.69, 9.17) is 9.47 Å². The molecule has 0 unspecified atom stereocenters. The van der Waals surface area contributed by atoms with Crippen LogP contribution < -0.4 is 25.4 Å². The molecular weight excluding hydrogens is 447 g/mol. The van der Waals surface area contributed by atoms with Crippen molar-refractivity contribution in [2.45, 2.75) is 27.2 Å². The number of hydrogen-bond donors (Lipinski definition) is 3. The molecule has 7 nitrogen and oxygen atoms in total. The molecule has 0 bridgehead atoms. The van der Waals surface area contributed by atoms with Crippen molar-refractivity contribution in [3.05, 3.63) is 23.8 Å². The summed E-state index contributed by atoms with van der Waals surface area (Å²) in [5.74, 6) is 2.41. The Kier molecular flexibility index (Phi) is 10.2. The Labute approximate surface area is 172 Å². The first-order valence-corrected chi connectivity index (χ1v) is 8.78. The van der Waals surface area contributed by atoms with E-state index < -0.39 is 0 Å². The molecule has 1 heterocycles. The number of nitrogens with one attached hydrogen (secondary N) is 3. The third-order valence-corrected chi connectivity index (χ3v) is 3.69. The summed E-state index contributed by atoms with van der Waals surface area (Å²) in [6.07, 6.45) is 0.817. The van der Waals surface area contributed by atoms with Gasteiger partial charge in [-0.05, 0) is 31.0 Å². The molecule has 8 heteroatoms. The molecule has 146 valence electrons. The minimum atomic E-state index is 0. The summed E-state index contributed by atoms with van der Waals surface area (Å²) < 4.78 is 10.7. The van der Waals surface area contributed by atoms with Crippen LogP contribution in [0.15, 0.2) is 23.2 Å². The van der Waals surface area contributed by atoms with Gasteiger partial charge in [-0.2, -0.15) is 0 Å². The molecule has 1 aliphatic heterocycles. The minimum absolute atomic E-state index is 0. The molecule has 3 N–H and O–H groups in total. The number of nitrogens with zero attached hydrogens (tertiary/aromatic N) is 1. The molecule has 0 aliphatic carbocycles. The molecule has 1 aliphatic rings. The van der Waals surface area contributed by atoms with E-state index in [1.54, 1.807) is 0 Å². The zero-order valence-electron chi connectivity index (χ0n) is 15.6. The number of amides is 1. The molecule has 1 amide bonds. The highest BCUT2D eigenvalue weighted by Crippen LogP contribution is 2.32. The van der Waals surface area contributed by atoms with Crippen molar-refractivity contribution in [2.24, 2.45) is 10.9 Å². The number of fused-ring (bicyclic) bond motifs is 1. The van der Waals surface area contributed by atoms with Crippen molar-refractivity contribution in [3.8, 4) is 11.5 Å². The summed E-state index contributed by atoms with van der Waals surface area (Å²) in [7, 11) is 0. The van der Waals surface area contributed by atoms with E-state index in [-0.39, 0.29) is 35.8 Å². The summed E-state index contributed by atoms with van der Waals surface area (Å²) in [5.41, 5.74) is 1.16. The van der Waals surface area contributed by atoms with Crippen LogP contribution in [0.4, 0.5) is 0 Å². The predicted octanol–water partition coefficient (Wildman–Crippen LogP) is 1.90. The number of guanidine groups is 1. The molecule has 0 aromatic heterocycles. The fraction of sp³-hybridized carbons (Fsp3) is 0.556. The first-order chi connectivity index (χ1) is 12.1. The highest BCUT2D eigenvalue weighted by Gasteiger charge is 2.12. The van der Waals surface area contributed by atoms with E-state index in [1.165, 1.54) is 0 Å². The Balaban J connectivity index is 0.00000338. The fourth-order valence-electron chi connectivity index (χ4n) is 2.31. The molecule has 0 fully saturated rings. The van der Waals surface area contributed by atoms with Crippen LogP contribution in [0.2, 0.25) is 0 Å². The molecule has 0 saturated heterocycles. The van der Waals surface area contributed by atoms with Gasteiger partial charge in [-0.15, -0.1) is 24.0 Å². The highest BCUT2D eigenvalue weighted by molar-refractivity contribution is 14.0. The van der Waals surface area contributed by atoms with Crippen molar-refractivity contribution < 1.29 is 14.3 Å². The van der Waals surface area contributed by atoms with Gasteiger partial charge in [0.15, 0.2) is 17.5 Å². The van der Waals surface area contributed by atoms with Crippen LogP contribution in [0.25, 0.3) is 0 Å². The van der Waals surface area contributed by atoms with Crippen LogP contribution >= 0.6 is 24.0 Å². The lowest BCUT2D eigenvalue weighted by Gasteiger charge is -2.12. The number of benzene rings is 1. The van der Waals surface area contributed by atoms with Crippen LogP contribution in [0.1, 0.15) is 26.3 Å². The molecule has 0 atom stereocenters. The van der Waals surface area contributed by atoms with Crippen LogP contribution in [0.5, 0.6) is 11.5 Å². The van der Waals surface area contributed by atoms with Crippen molar-refractivity contribution >= 4 is 35.8 Å². The van der Waals surface area contributed by atoms with Crippen molar-refractivity contribution in [1.29, 1.82) is 0 Å². The number of rotatable bonds is 8.